The highest BCUT2D eigenvalue weighted by Crippen LogP contribution is 2.20. The lowest BCUT2D eigenvalue weighted by Gasteiger charge is -2.30. The van der Waals surface area contributed by atoms with E-state index in [0.717, 1.165) is 17.1 Å². The number of carbonyl (C=O) groups is 1. The van der Waals surface area contributed by atoms with Gasteiger partial charge in [-0.15, -0.1) is 5.10 Å². The van der Waals surface area contributed by atoms with E-state index in [2.05, 4.69) is 9.59 Å². The Morgan fingerprint density at radius 3 is 3.08 bits per heavy atom. The second kappa shape index (κ2) is 7.25. The summed E-state index contributed by atoms with van der Waals surface area (Å²) in [5.74, 6) is 0.445. The summed E-state index contributed by atoms with van der Waals surface area (Å²) in [7, 11) is 0. The number of aliphatic hydroxyl groups is 1. The molecule has 0 aliphatic carbocycles. The Hall–Kier alpha value is -2.03. The first-order valence-electron chi connectivity index (χ1n) is 7.62. The van der Waals surface area contributed by atoms with Gasteiger partial charge in [-0.25, -0.2) is 0 Å². The predicted molar refractivity (Wildman–Crippen MR) is 88.3 cm³/mol. The minimum absolute atomic E-state index is 0.0386. The van der Waals surface area contributed by atoms with Crippen LogP contribution in [0.3, 0.4) is 0 Å². The van der Waals surface area contributed by atoms with Gasteiger partial charge in [-0.05, 0) is 30.1 Å². The summed E-state index contributed by atoms with van der Waals surface area (Å²) in [4.78, 5) is 14.0. The largest absolute Gasteiger partial charge is 0.490 e. The molecule has 1 aromatic heterocycles. The van der Waals surface area contributed by atoms with Crippen LogP contribution in [-0.2, 0) is 4.74 Å². The summed E-state index contributed by atoms with van der Waals surface area (Å²) in [5, 5.41) is 16.2. The third kappa shape index (κ3) is 3.89. The highest BCUT2D eigenvalue weighted by Gasteiger charge is 2.36. The number of carbonyl (C=O) groups excluding carboxylic acids is 1. The second-order valence-corrected chi connectivity index (χ2v) is 6.46. The first kappa shape index (κ1) is 16.8. The summed E-state index contributed by atoms with van der Waals surface area (Å²) in [6.45, 7) is 2.96. The number of β-amino-alcohol motifs (C(OH)–C–C–N with tert-alkyl or cyclic N) is 1. The number of benzene rings is 1. The fraction of sp³-hybridized carbons (Fsp3) is 0.438. The molecule has 1 unspecified atom stereocenters. The van der Waals surface area contributed by atoms with Gasteiger partial charge in [0, 0.05) is 11.9 Å². The molecule has 1 fully saturated rings. The first-order valence-corrected chi connectivity index (χ1v) is 8.46. The standard InChI is InChI=1S/C16H19N3O4S/c1-12-4-2-3-5-14(12)23-11-16(21)9-19(6-7-22-10-16)15(20)13-8-24-18-17-13/h2-5,8,21H,6-7,9-11H2,1H3. The Balaban J connectivity index is 1.69. The van der Waals surface area contributed by atoms with Gasteiger partial charge in [0.15, 0.2) is 5.69 Å². The molecule has 7 nitrogen and oxygen atoms in total. The molecule has 1 amide bonds. The zero-order chi connectivity index (χ0) is 17.0. The normalized spacial score (nSPS) is 21.3. The van der Waals surface area contributed by atoms with Gasteiger partial charge in [0.1, 0.15) is 18.0 Å². The van der Waals surface area contributed by atoms with Crippen molar-refractivity contribution in [3.05, 3.63) is 40.9 Å². The Labute approximate surface area is 144 Å². The predicted octanol–water partition coefficient (Wildman–Crippen LogP) is 1.13. The van der Waals surface area contributed by atoms with E-state index in [9.17, 15) is 9.90 Å². The molecule has 1 aliphatic rings. The van der Waals surface area contributed by atoms with Gasteiger partial charge in [-0.3, -0.25) is 4.79 Å². The third-order valence-corrected chi connectivity index (χ3v) is 4.32. The Morgan fingerprint density at radius 1 is 1.50 bits per heavy atom. The van der Waals surface area contributed by atoms with Gasteiger partial charge < -0.3 is 19.5 Å². The Kier molecular flexibility index (Phi) is 5.08. The molecule has 1 aromatic carbocycles. The van der Waals surface area contributed by atoms with Crippen LogP contribution in [0.15, 0.2) is 29.6 Å². The fourth-order valence-corrected chi connectivity index (χ4v) is 2.96. The molecule has 1 aliphatic heterocycles. The van der Waals surface area contributed by atoms with Crippen molar-refractivity contribution in [3.63, 3.8) is 0 Å². The summed E-state index contributed by atoms with van der Waals surface area (Å²) in [6.07, 6.45) is 0. The van der Waals surface area contributed by atoms with E-state index in [4.69, 9.17) is 9.47 Å². The van der Waals surface area contributed by atoms with E-state index in [-0.39, 0.29) is 31.4 Å². The van der Waals surface area contributed by atoms with E-state index in [1.165, 1.54) is 4.90 Å². The van der Waals surface area contributed by atoms with E-state index in [0.29, 0.717) is 18.9 Å². The van der Waals surface area contributed by atoms with Crippen molar-refractivity contribution in [2.24, 2.45) is 0 Å². The van der Waals surface area contributed by atoms with Crippen molar-refractivity contribution < 1.29 is 19.4 Å². The number of aryl methyl sites for hydroxylation is 1. The average molecular weight is 349 g/mol. The topological polar surface area (TPSA) is 84.8 Å². The molecule has 1 N–H and O–H groups in total. The number of aromatic nitrogens is 2. The molecule has 0 spiro atoms. The lowest BCUT2D eigenvalue weighted by Crippen LogP contribution is -2.50. The van der Waals surface area contributed by atoms with Crippen LogP contribution in [0, 0.1) is 6.92 Å². The van der Waals surface area contributed by atoms with Gasteiger partial charge in [0.2, 0.25) is 0 Å². The molecule has 0 bridgehead atoms. The van der Waals surface area contributed by atoms with Crippen molar-refractivity contribution in [3.8, 4) is 5.75 Å². The summed E-state index contributed by atoms with van der Waals surface area (Å²) >= 11 is 1.12. The van der Waals surface area contributed by atoms with E-state index in [1.807, 2.05) is 31.2 Å². The van der Waals surface area contributed by atoms with Gasteiger partial charge in [-0.2, -0.15) is 0 Å². The van der Waals surface area contributed by atoms with Crippen LogP contribution in [-0.4, -0.2) is 64.0 Å². The molecule has 0 saturated carbocycles. The summed E-state index contributed by atoms with van der Waals surface area (Å²) in [5.41, 5.74) is -0.0149. The minimum Gasteiger partial charge on any atom is -0.490 e. The van der Waals surface area contributed by atoms with Gasteiger partial charge in [0.25, 0.3) is 5.91 Å². The zero-order valence-corrected chi connectivity index (χ0v) is 14.2. The lowest BCUT2D eigenvalue weighted by molar-refractivity contribution is -0.0622. The minimum atomic E-state index is -1.28. The van der Waals surface area contributed by atoms with Crippen molar-refractivity contribution in [1.29, 1.82) is 0 Å². The van der Waals surface area contributed by atoms with E-state index < -0.39 is 5.60 Å². The molecule has 2 aromatic rings. The maximum Gasteiger partial charge on any atom is 0.275 e. The molecule has 1 atom stereocenters. The smallest absolute Gasteiger partial charge is 0.275 e. The molecule has 1 saturated heterocycles. The number of ether oxygens (including phenoxy) is 2. The Bertz CT molecular complexity index is 694. The SMILES string of the molecule is Cc1ccccc1OCC1(O)COCCN(C(=O)c2csnn2)C1. The van der Waals surface area contributed by atoms with Crippen molar-refractivity contribution in [2.45, 2.75) is 12.5 Å². The van der Waals surface area contributed by atoms with Crippen molar-refractivity contribution in [2.75, 3.05) is 32.9 Å². The number of amides is 1. The summed E-state index contributed by atoms with van der Waals surface area (Å²) < 4.78 is 14.9. The van der Waals surface area contributed by atoms with Crippen LogP contribution in [0.5, 0.6) is 5.75 Å². The van der Waals surface area contributed by atoms with Crippen LogP contribution >= 0.6 is 11.5 Å². The van der Waals surface area contributed by atoms with Crippen LogP contribution in [0.4, 0.5) is 0 Å². The molecule has 128 valence electrons. The third-order valence-electron chi connectivity index (χ3n) is 3.82. The van der Waals surface area contributed by atoms with Crippen molar-refractivity contribution >= 4 is 17.4 Å². The van der Waals surface area contributed by atoms with Crippen LogP contribution in [0.1, 0.15) is 16.1 Å². The molecule has 3 rings (SSSR count). The van der Waals surface area contributed by atoms with Gasteiger partial charge >= 0.3 is 0 Å². The average Bonchev–Trinajstić information content (AvgIpc) is 3.04. The quantitative estimate of drug-likeness (QED) is 0.891. The molecule has 2 heterocycles. The molecular formula is C16H19N3O4S. The number of nitrogens with zero attached hydrogens (tertiary/aromatic N) is 3. The number of para-hydroxylation sites is 1. The number of hydrogen-bond acceptors (Lipinski definition) is 7. The maximum absolute atomic E-state index is 12.5. The molecule has 24 heavy (non-hydrogen) atoms. The van der Waals surface area contributed by atoms with Crippen molar-refractivity contribution in [1.82, 2.24) is 14.5 Å². The highest BCUT2D eigenvalue weighted by molar-refractivity contribution is 7.03. The van der Waals surface area contributed by atoms with Gasteiger partial charge in [-0.1, -0.05) is 22.7 Å². The molecule has 0 radical (unpaired) electrons. The van der Waals surface area contributed by atoms with Crippen LogP contribution < -0.4 is 4.74 Å². The monoisotopic (exact) mass is 349 g/mol. The highest BCUT2D eigenvalue weighted by atomic mass is 32.1. The van der Waals surface area contributed by atoms with Gasteiger partial charge in [0.05, 0.1) is 19.8 Å². The second-order valence-electron chi connectivity index (χ2n) is 5.85. The number of hydrogen-bond donors (Lipinski definition) is 1. The first-order chi connectivity index (χ1) is 11.6. The van der Waals surface area contributed by atoms with E-state index in [1.54, 1.807) is 5.38 Å². The molecule has 8 heteroatoms. The maximum atomic E-state index is 12.5. The zero-order valence-electron chi connectivity index (χ0n) is 13.3. The lowest BCUT2D eigenvalue weighted by atomic mass is 10.1. The number of rotatable bonds is 4. The van der Waals surface area contributed by atoms with Crippen LogP contribution in [0.25, 0.3) is 0 Å². The molecular weight excluding hydrogens is 330 g/mol. The summed E-state index contributed by atoms with van der Waals surface area (Å²) in [6, 6.07) is 7.59. The Morgan fingerprint density at radius 2 is 2.33 bits per heavy atom. The fourth-order valence-electron chi connectivity index (χ4n) is 2.53. The van der Waals surface area contributed by atoms with E-state index >= 15 is 0 Å². The van der Waals surface area contributed by atoms with Crippen LogP contribution in [0.2, 0.25) is 0 Å².